The van der Waals surface area contributed by atoms with E-state index in [2.05, 4.69) is 5.32 Å². The molecule has 1 N–H and O–H groups in total. The molecule has 28 heavy (non-hydrogen) atoms. The van der Waals surface area contributed by atoms with Gasteiger partial charge in [0.1, 0.15) is 10.7 Å². The predicted molar refractivity (Wildman–Crippen MR) is 107 cm³/mol. The number of carbonyl (C=O) groups excluding carboxylic acids is 3. The van der Waals surface area contributed by atoms with Crippen molar-refractivity contribution in [1.82, 2.24) is 0 Å². The van der Waals surface area contributed by atoms with Crippen LogP contribution in [0, 0.1) is 6.92 Å². The van der Waals surface area contributed by atoms with Crippen molar-refractivity contribution in [2.75, 3.05) is 16.8 Å². The molecule has 6 nitrogen and oxygen atoms in total. The second-order valence-corrected chi connectivity index (χ2v) is 6.69. The van der Waals surface area contributed by atoms with E-state index in [9.17, 15) is 14.4 Å². The third kappa shape index (κ3) is 3.92. The summed E-state index contributed by atoms with van der Waals surface area (Å²) in [6.45, 7) is 4.10. The zero-order chi connectivity index (χ0) is 20.3. The highest BCUT2D eigenvalue weighted by atomic mass is 35.5. The molecule has 1 aliphatic rings. The predicted octanol–water partition coefficient (Wildman–Crippen LogP) is 4.00. The molecule has 0 saturated carbocycles. The SMILES string of the molecule is CCCOC(=O)c1cccc(NC2=C(Cl)C(=O)N(c3cccc(C)c3)C2=O)c1. The summed E-state index contributed by atoms with van der Waals surface area (Å²) in [6.07, 6.45) is 0.720. The number of nitrogens with zero attached hydrogens (tertiary/aromatic N) is 1. The first-order valence-electron chi connectivity index (χ1n) is 8.81. The lowest BCUT2D eigenvalue weighted by Crippen LogP contribution is -2.32. The standard InChI is InChI=1S/C21H19ClN2O4/c1-3-10-28-21(27)14-7-5-8-15(12-14)23-18-17(22)19(25)24(20(18)26)16-9-4-6-13(2)11-16/h4-9,11-12,23H,3,10H2,1-2H3. The first kappa shape index (κ1) is 19.6. The largest absolute Gasteiger partial charge is 0.462 e. The molecule has 0 fully saturated rings. The number of rotatable bonds is 6. The summed E-state index contributed by atoms with van der Waals surface area (Å²) in [4.78, 5) is 38.4. The second-order valence-electron chi connectivity index (χ2n) is 6.32. The van der Waals surface area contributed by atoms with E-state index in [4.69, 9.17) is 16.3 Å². The van der Waals surface area contributed by atoms with E-state index in [-0.39, 0.29) is 10.7 Å². The molecule has 0 spiro atoms. The van der Waals surface area contributed by atoms with Crippen LogP contribution in [0.1, 0.15) is 29.3 Å². The first-order valence-corrected chi connectivity index (χ1v) is 9.19. The van der Waals surface area contributed by atoms with Gasteiger partial charge in [-0.2, -0.15) is 0 Å². The fraction of sp³-hybridized carbons (Fsp3) is 0.190. The van der Waals surface area contributed by atoms with E-state index in [1.165, 1.54) is 0 Å². The van der Waals surface area contributed by atoms with Crippen LogP contribution < -0.4 is 10.2 Å². The van der Waals surface area contributed by atoms with E-state index in [0.717, 1.165) is 16.9 Å². The van der Waals surface area contributed by atoms with Crippen LogP contribution in [0.15, 0.2) is 59.3 Å². The third-order valence-electron chi connectivity index (χ3n) is 4.09. The van der Waals surface area contributed by atoms with Crippen molar-refractivity contribution in [3.63, 3.8) is 0 Å². The molecular formula is C21H19ClN2O4. The van der Waals surface area contributed by atoms with Gasteiger partial charge in [-0.15, -0.1) is 0 Å². The average molecular weight is 399 g/mol. The Morgan fingerprint density at radius 3 is 2.57 bits per heavy atom. The highest BCUT2D eigenvalue weighted by Gasteiger charge is 2.39. The maximum Gasteiger partial charge on any atom is 0.338 e. The minimum absolute atomic E-state index is 0.0350. The van der Waals surface area contributed by atoms with Crippen LogP contribution in [0.25, 0.3) is 0 Å². The molecule has 3 rings (SSSR count). The van der Waals surface area contributed by atoms with Crippen molar-refractivity contribution >= 4 is 40.8 Å². The molecule has 2 aromatic rings. The Hall–Kier alpha value is -3.12. The van der Waals surface area contributed by atoms with Gasteiger partial charge in [-0.1, -0.05) is 36.7 Å². The van der Waals surface area contributed by atoms with E-state index in [0.29, 0.717) is 23.5 Å². The van der Waals surface area contributed by atoms with Gasteiger partial charge in [0, 0.05) is 5.69 Å². The molecule has 144 valence electrons. The summed E-state index contributed by atoms with van der Waals surface area (Å²) in [5, 5.41) is 2.66. The van der Waals surface area contributed by atoms with Gasteiger partial charge >= 0.3 is 5.97 Å². The van der Waals surface area contributed by atoms with Crippen LogP contribution in [-0.4, -0.2) is 24.4 Å². The van der Waals surface area contributed by atoms with Crippen LogP contribution in [0.2, 0.25) is 0 Å². The highest BCUT2D eigenvalue weighted by molar-refractivity contribution is 6.53. The van der Waals surface area contributed by atoms with Gasteiger partial charge in [0.2, 0.25) is 0 Å². The number of anilines is 2. The molecule has 2 aromatic carbocycles. The van der Waals surface area contributed by atoms with Gasteiger partial charge in [-0.3, -0.25) is 9.59 Å². The van der Waals surface area contributed by atoms with Gasteiger partial charge in [0.15, 0.2) is 0 Å². The van der Waals surface area contributed by atoms with Crippen LogP contribution >= 0.6 is 11.6 Å². The van der Waals surface area contributed by atoms with Crippen molar-refractivity contribution in [1.29, 1.82) is 0 Å². The van der Waals surface area contributed by atoms with Crippen LogP contribution in [0.4, 0.5) is 11.4 Å². The maximum absolute atomic E-state index is 12.8. The lowest BCUT2D eigenvalue weighted by Gasteiger charge is -2.15. The van der Waals surface area contributed by atoms with Crippen molar-refractivity contribution in [2.45, 2.75) is 20.3 Å². The first-order chi connectivity index (χ1) is 13.4. The third-order valence-corrected chi connectivity index (χ3v) is 4.44. The fourth-order valence-electron chi connectivity index (χ4n) is 2.76. The molecule has 0 saturated heterocycles. The number of aryl methyl sites for hydroxylation is 1. The summed E-state index contributed by atoms with van der Waals surface area (Å²) in [7, 11) is 0. The number of carbonyl (C=O) groups is 3. The Morgan fingerprint density at radius 1 is 1.11 bits per heavy atom. The highest BCUT2D eigenvalue weighted by Crippen LogP contribution is 2.30. The molecule has 0 bridgehead atoms. The molecule has 1 aliphatic heterocycles. The molecule has 0 unspecified atom stereocenters. The van der Waals surface area contributed by atoms with E-state index >= 15 is 0 Å². The van der Waals surface area contributed by atoms with Gasteiger partial charge in [0.25, 0.3) is 11.8 Å². The second kappa shape index (κ2) is 8.27. The topological polar surface area (TPSA) is 75.7 Å². The van der Waals surface area contributed by atoms with Crippen molar-refractivity contribution in [3.8, 4) is 0 Å². The van der Waals surface area contributed by atoms with Crippen LogP contribution in [0.5, 0.6) is 0 Å². The number of benzene rings is 2. The molecule has 0 radical (unpaired) electrons. The molecule has 0 aromatic heterocycles. The molecule has 2 amide bonds. The van der Waals surface area contributed by atoms with Crippen LogP contribution in [0.3, 0.4) is 0 Å². The minimum Gasteiger partial charge on any atom is -0.462 e. The van der Waals surface area contributed by atoms with E-state index < -0.39 is 17.8 Å². The smallest absolute Gasteiger partial charge is 0.338 e. The molecular weight excluding hydrogens is 380 g/mol. The lowest BCUT2D eigenvalue weighted by molar-refractivity contribution is -0.120. The normalized spacial score (nSPS) is 13.9. The van der Waals surface area contributed by atoms with Gasteiger partial charge in [-0.25, -0.2) is 9.69 Å². The summed E-state index contributed by atoms with van der Waals surface area (Å²) < 4.78 is 5.11. The fourth-order valence-corrected chi connectivity index (χ4v) is 2.97. The monoisotopic (exact) mass is 398 g/mol. The number of hydrogen-bond acceptors (Lipinski definition) is 5. The summed E-state index contributed by atoms with van der Waals surface area (Å²) in [5.74, 6) is -1.61. The number of hydrogen-bond donors (Lipinski definition) is 1. The van der Waals surface area contributed by atoms with Crippen molar-refractivity contribution < 1.29 is 19.1 Å². The molecule has 0 atom stereocenters. The van der Waals surface area contributed by atoms with Crippen molar-refractivity contribution in [2.24, 2.45) is 0 Å². The number of halogens is 1. The number of amides is 2. The average Bonchev–Trinajstić information content (AvgIpc) is 2.89. The van der Waals surface area contributed by atoms with E-state index in [1.54, 1.807) is 42.5 Å². The van der Waals surface area contributed by atoms with Gasteiger partial charge in [-0.05, 0) is 49.2 Å². The minimum atomic E-state index is -0.599. The zero-order valence-corrected chi connectivity index (χ0v) is 16.2. The number of imide groups is 1. The number of esters is 1. The Balaban J connectivity index is 1.84. The Kier molecular flexibility index (Phi) is 5.80. The molecule has 0 aliphatic carbocycles. The van der Waals surface area contributed by atoms with E-state index in [1.807, 2.05) is 19.9 Å². The van der Waals surface area contributed by atoms with Gasteiger partial charge in [0.05, 0.1) is 17.9 Å². The maximum atomic E-state index is 12.8. The quantitative estimate of drug-likeness (QED) is 0.588. The lowest BCUT2D eigenvalue weighted by atomic mass is 10.2. The molecule has 7 heteroatoms. The van der Waals surface area contributed by atoms with Crippen LogP contribution in [-0.2, 0) is 14.3 Å². The molecule has 1 heterocycles. The Bertz CT molecular complexity index is 984. The number of ether oxygens (including phenoxy) is 1. The van der Waals surface area contributed by atoms with Crippen molar-refractivity contribution in [3.05, 3.63) is 70.4 Å². The Labute approximate surface area is 167 Å². The number of nitrogens with one attached hydrogen (secondary N) is 1. The summed E-state index contributed by atoms with van der Waals surface area (Å²) in [5.41, 5.74) is 2.11. The Morgan fingerprint density at radius 2 is 1.86 bits per heavy atom. The van der Waals surface area contributed by atoms with Gasteiger partial charge < -0.3 is 10.1 Å². The summed E-state index contributed by atoms with van der Waals surface area (Å²) in [6, 6.07) is 13.5. The zero-order valence-electron chi connectivity index (χ0n) is 15.5. The summed E-state index contributed by atoms with van der Waals surface area (Å²) >= 11 is 6.14.